The molecule has 0 aromatic heterocycles. The minimum atomic E-state index is -2.57. The second-order valence-electron chi connectivity index (χ2n) is 20.9. The summed E-state index contributed by atoms with van der Waals surface area (Å²) in [5.41, 5.74) is -8.11. The van der Waals surface area contributed by atoms with Crippen LogP contribution in [0.5, 0.6) is 0 Å². The molecule has 22 nitrogen and oxygen atoms in total. The van der Waals surface area contributed by atoms with Gasteiger partial charge in [-0.1, -0.05) is 80.6 Å². The Hall–Kier alpha value is -7.37. The van der Waals surface area contributed by atoms with Crippen LogP contribution in [0.1, 0.15) is 107 Å². The number of ether oxygens (including phenoxy) is 11. The van der Waals surface area contributed by atoms with E-state index in [-0.39, 0.29) is 28.7 Å². The summed E-state index contributed by atoms with van der Waals surface area (Å²) in [4.78, 5) is 125. The van der Waals surface area contributed by atoms with Crippen LogP contribution in [0.25, 0.3) is 0 Å². The number of rotatable bonds is 15. The van der Waals surface area contributed by atoms with Crippen molar-refractivity contribution in [3.05, 3.63) is 119 Å². The SMILES string of the molecule is CC(=O)OC1CO[C@@H](O[C@H]2C[C@H]3OC[C@@]3(OC(C)=O)C3C(OC(=O)c4ccccc4)[C@]4(O)C[C@H](OC(=O)[C@H](OC(C)=O)[C@@H](NC(=O)c5ccccc5)c5ccccc5)C(C)=C([C@@H](OC(C)=O)C(=O)[C@@]32C)C4(C)C)C(OC(C)=O)O1. The highest BCUT2D eigenvalue weighted by Gasteiger charge is 2.79. The molecule has 2 aliphatic heterocycles. The normalized spacial score (nSPS) is 31.3. The fourth-order valence-electron chi connectivity index (χ4n) is 11.9. The smallest absolute Gasteiger partial charge is 0.350 e. The Morgan fingerprint density at radius 2 is 1.29 bits per heavy atom. The molecule has 0 radical (unpaired) electrons. The molecule has 22 heteroatoms. The molecule has 8 rings (SSSR count). The van der Waals surface area contributed by atoms with Crippen LogP contribution in [0.4, 0.5) is 0 Å². The maximum atomic E-state index is 16.5. The van der Waals surface area contributed by atoms with Gasteiger partial charge in [-0.05, 0) is 54.8 Å². The molecule has 3 aliphatic carbocycles. The number of carbonyl (C=O) groups excluding carboxylic acids is 9. The molecule has 4 unspecified atom stereocenters. The second kappa shape index (κ2) is 22.8. The van der Waals surface area contributed by atoms with Crippen LogP contribution in [0.15, 0.2) is 102 Å². The summed E-state index contributed by atoms with van der Waals surface area (Å²) in [6, 6.07) is 22.5. The van der Waals surface area contributed by atoms with E-state index in [1.54, 1.807) is 66.7 Å². The summed E-state index contributed by atoms with van der Waals surface area (Å²) in [5, 5.41) is 17.1. The lowest BCUT2D eigenvalue weighted by molar-refractivity contribution is -0.394. The number of amides is 1. The van der Waals surface area contributed by atoms with Gasteiger partial charge in [0.05, 0.1) is 29.6 Å². The minimum Gasteiger partial charge on any atom is -0.455 e. The molecule has 79 heavy (non-hydrogen) atoms. The van der Waals surface area contributed by atoms with Gasteiger partial charge >= 0.3 is 41.8 Å². The fourth-order valence-corrected chi connectivity index (χ4v) is 11.9. The number of carbonyl (C=O) groups is 9. The van der Waals surface area contributed by atoms with Crippen molar-refractivity contribution in [1.29, 1.82) is 0 Å². The van der Waals surface area contributed by atoms with Crippen molar-refractivity contribution in [2.75, 3.05) is 13.2 Å². The van der Waals surface area contributed by atoms with Crippen molar-refractivity contribution in [1.82, 2.24) is 5.32 Å². The first-order chi connectivity index (χ1) is 37.3. The summed E-state index contributed by atoms with van der Waals surface area (Å²) in [6.45, 7) is 10.4. The van der Waals surface area contributed by atoms with Crippen LogP contribution >= 0.6 is 0 Å². The third-order valence-corrected chi connectivity index (χ3v) is 15.5. The van der Waals surface area contributed by atoms with E-state index >= 15 is 9.59 Å². The van der Waals surface area contributed by atoms with E-state index in [1.165, 1.54) is 52.0 Å². The maximum absolute atomic E-state index is 16.5. The van der Waals surface area contributed by atoms with Gasteiger partial charge in [-0.2, -0.15) is 0 Å². The Labute approximate surface area is 454 Å². The molecule has 2 heterocycles. The topological polar surface area (TPSA) is 287 Å². The van der Waals surface area contributed by atoms with Crippen molar-refractivity contribution in [2.24, 2.45) is 16.7 Å². The zero-order valence-corrected chi connectivity index (χ0v) is 45.0. The molecule has 1 amide bonds. The second-order valence-corrected chi connectivity index (χ2v) is 20.9. The average molecular weight is 1100 g/mol. The Morgan fingerprint density at radius 1 is 0.696 bits per heavy atom. The van der Waals surface area contributed by atoms with Crippen LogP contribution in [0, 0.1) is 16.7 Å². The Kier molecular flexibility index (Phi) is 16.7. The highest BCUT2D eigenvalue weighted by atomic mass is 16.8. The predicted molar refractivity (Wildman–Crippen MR) is 268 cm³/mol. The van der Waals surface area contributed by atoms with Crippen molar-refractivity contribution in [2.45, 2.75) is 148 Å². The Balaban J connectivity index is 1.32. The number of aliphatic hydroxyl groups is 1. The lowest BCUT2D eigenvalue weighted by Gasteiger charge is -2.68. The number of esters is 7. The monoisotopic (exact) mass is 1100 g/mol. The van der Waals surface area contributed by atoms with Crippen molar-refractivity contribution in [3.8, 4) is 0 Å². The Morgan fingerprint density at radius 3 is 1.85 bits per heavy atom. The van der Waals surface area contributed by atoms with Gasteiger partial charge in [-0.3, -0.25) is 38.3 Å². The lowest BCUT2D eigenvalue weighted by atomic mass is 9.44. The van der Waals surface area contributed by atoms with E-state index in [9.17, 15) is 38.7 Å². The van der Waals surface area contributed by atoms with Crippen molar-refractivity contribution in [3.63, 3.8) is 0 Å². The molecule has 3 aromatic rings. The number of hydrogen-bond acceptors (Lipinski definition) is 21. The first-order valence-corrected chi connectivity index (χ1v) is 25.6. The summed E-state index contributed by atoms with van der Waals surface area (Å²) >= 11 is 0. The first kappa shape index (κ1) is 57.8. The lowest BCUT2D eigenvalue weighted by Crippen LogP contribution is -2.82. The molecule has 4 fully saturated rings. The summed E-state index contributed by atoms with van der Waals surface area (Å²) in [7, 11) is 0. The average Bonchev–Trinajstić information content (AvgIpc) is 3.46. The molecule has 2 bridgehead atoms. The van der Waals surface area contributed by atoms with Gasteiger partial charge in [0.1, 0.15) is 36.6 Å². The summed E-state index contributed by atoms with van der Waals surface area (Å²) in [5.74, 6) is -10.0. The summed E-state index contributed by atoms with van der Waals surface area (Å²) < 4.78 is 66.3. The van der Waals surface area contributed by atoms with Gasteiger partial charge < -0.3 is 57.8 Å². The molecule has 2 saturated carbocycles. The summed E-state index contributed by atoms with van der Waals surface area (Å²) in [6.07, 6.45) is -16.1. The first-order valence-electron chi connectivity index (χ1n) is 25.6. The standard InChI is InChI=1S/C57H63NO21/c1-29-38(75-51(67)45(73-32(4)61)43(35-19-13-10-14-20-35)58-49(65)36-21-15-11-16-22-36)26-57(68)48(78-50(66)37-23-17-12-18-24-37)46-55(9,47(64)44(72-31(3)60)42(29)54(57,7)8)39(25-40-56(46,28-70-40)79-34(6)63)76-52-53(74-33(5)62)77-41(27-69-52)71-30(2)59/h10-24,38-41,43-46,48,52-53,68H,25-28H2,1-9H3,(H,58,65)/t38-,39-,40+,41?,43-,44+,45+,46?,48?,52-,53?,55+,56-,57+/m0/s1. The maximum Gasteiger partial charge on any atom is 0.350 e. The molecule has 2 saturated heterocycles. The third kappa shape index (κ3) is 11.2. The molecule has 2 N–H and O–H groups in total. The molecular weight excluding hydrogens is 1030 g/mol. The molecule has 0 spiro atoms. The van der Waals surface area contributed by atoms with Crippen LogP contribution in [0.2, 0.25) is 0 Å². The number of ketones is 1. The number of Topliss-reactive ketones (excluding diaryl/α,β-unsaturated/α-hetero) is 1. The fraction of sp³-hybridized carbons (Fsp3) is 0.491. The van der Waals surface area contributed by atoms with Crippen molar-refractivity contribution >= 4 is 53.5 Å². The molecule has 422 valence electrons. The van der Waals surface area contributed by atoms with E-state index in [0.717, 1.165) is 34.6 Å². The van der Waals surface area contributed by atoms with Crippen LogP contribution < -0.4 is 5.32 Å². The van der Waals surface area contributed by atoms with E-state index in [2.05, 4.69) is 5.32 Å². The van der Waals surface area contributed by atoms with Crippen molar-refractivity contribution < 1.29 is 100 Å². The van der Waals surface area contributed by atoms with Gasteiger partial charge in [0.2, 0.25) is 18.7 Å². The van der Waals surface area contributed by atoms with Crippen LogP contribution in [-0.4, -0.2) is 138 Å². The zero-order chi connectivity index (χ0) is 57.4. The minimum absolute atomic E-state index is 0.0119. The number of benzene rings is 3. The molecule has 3 aromatic carbocycles. The highest BCUT2D eigenvalue weighted by Crippen LogP contribution is 2.65. The molecular formula is C57H63NO21. The largest absolute Gasteiger partial charge is 0.455 e. The quantitative estimate of drug-likeness (QED) is 0.120. The van der Waals surface area contributed by atoms with E-state index in [0.29, 0.717) is 5.56 Å². The van der Waals surface area contributed by atoms with E-state index < -0.39 is 163 Å². The number of hydrogen-bond donors (Lipinski definition) is 2. The third-order valence-electron chi connectivity index (χ3n) is 15.5. The number of nitrogens with one attached hydrogen (secondary N) is 1. The van der Waals surface area contributed by atoms with E-state index in [4.69, 9.17) is 52.1 Å². The Bertz CT molecular complexity index is 2890. The van der Waals surface area contributed by atoms with E-state index in [1.807, 2.05) is 0 Å². The predicted octanol–water partition coefficient (Wildman–Crippen LogP) is 4.48. The molecule has 14 atom stereocenters. The van der Waals surface area contributed by atoms with Gasteiger partial charge in [0, 0.05) is 58.4 Å². The van der Waals surface area contributed by atoms with Gasteiger partial charge in [0.15, 0.2) is 17.5 Å². The van der Waals surface area contributed by atoms with Gasteiger partial charge in [-0.15, -0.1) is 0 Å². The van der Waals surface area contributed by atoms with Crippen LogP contribution in [-0.2, 0) is 85.7 Å². The van der Waals surface area contributed by atoms with Gasteiger partial charge in [0.25, 0.3) is 12.2 Å². The molecule has 5 aliphatic rings. The van der Waals surface area contributed by atoms with Gasteiger partial charge in [-0.25, -0.2) is 9.59 Å². The van der Waals surface area contributed by atoms with Crippen LogP contribution in [0.3, 0.4) is 0 Å². The zero-order valence-electron chi connectivity index (χ0n) is 45.0. The number of fused-ring (bicyclic) bond motifs is 5. The highest BCUT2D eigenvalue weighted by molar-refractivity contribution is 5.96.